The van der Waals surface area contributed by atoms with E-state index >= 15 is 0 Å². The van der Waals surface area contributed by atoms with Gasteiger partial charge < -0.3 is 14.6 Å². The van der Waals surface area contributed by atoms with Gasteiger partial charge in [-0.3, -0.25) is 0 Å². The van der Waals surface area contributed by atoms with E-state index in [1.807, 2.05) is 6.92 Å². The molecule has 0 saturated heterocycles. The number of benzene rings is 2. The third-order valence-electron chi connectivity index (χ3n) is 3.70. The van der Waals surface area contributed by atoms with Crippen molar-refractivity contribution in [2.24, 2.45) is 0 Å². The third-order valence-corrected chi connectivity index (χ3v) is 5.39. The normalized spacial score (nSPS) is 11.4. The molecule has 0 aliphatic carbocycles. The summed E-state index contributed by atoms with van der Waals surface area (Å²) in [6.45, 7) is 1.68. The highest BCUT2D eigenvalue weighted by atomic mass is 35.5. The molecule has 2 rings (SSSR count). The SMILES string of the molecule is COCCNS(=O)(=O)c1ccc(C)c(-c2cc(Cl)ccc2OCC(=O)O)c1. The number of nitrogens with one attached hydrogen (secondary N) is 1. The predicted molar refractivity (Wildman–Crippen MR) is 102 cm³/mol. The van der Waals surface area contributed by atoms with Crippen molar-refractivity contribution in [2.45, 2.75) is 11.8 Å². The average molecular weight is 414 g/mol. The fourth-order valence-electron chi connectivity index (χ4n) is 2.40. The molecule has 27 heavy (non-hydrogen) atoms. The molecule has 0 aliphatic rings. The molecule has 0 saturated carbocycles. The van der Waals surface area contributed by atoms with Gasteiger partial charge in [0.05, 0.1) is 11.5 Å². The number of aryl methyl sites for hydroxylation is 1. The lowest BCUT2D eigenvalue weighted by atomic mass is 10.00. The van der Waals surface area contributed by atoms with Crippen LogP contribution in [0.1, 0.15) is 5.56 Å². The van der Waals surface area contributed by atoms with E-state index < -0.39 is 22.6 Å². The maximum Gasteiger partial charge on any atom is 0.341 e. The second kappa shape index (κ2) is 9.18. The van der Waals surface area contributed by atoms with Gasteiger partial charge in [-0.1, -0.05) is 17.7 Å². The van der Waals surface area contributed by atoms with Gasteiger partial charge in [-0.25, -0.2) is 17.9 Å². The molecule has 0 atom stereocenters. The highest BCUT2D eigenvalue weighted by Crippen LogP contribution is 2.35. The monoisotopic (exact) mass is 413 g/mol. The van der Waals surface area contributed by atoms with Crippen LogP contribution in [0.5, 0.6) is 5.75 Å². The topological polar surface area (TPSA) is 102 Å². The van der Waals surface area contributed by atoms with E-state index in [1.54, 1.807) is 24.3 Å². The number of rotatable bonds is 9. The third kappa shape index (κ3) is 5.67. The molecule has 7 nitrogen and oxygen atoms in total. The quantitative estimate of drug-likeness (QED) is 0.613. The van der Waals surface area contributed by atoms with Gasteiger partial charge in [0, 0.05) is 24.2 Å². The number of methoxy groups -OCH3 is 1. The van der Waals surface area contributed by atoms with Gasteiger partial charge in [-0.15, -0.1) is 0 Å². The van der Waals surface area contributed by atoms with Gasteiger partial charge in [0.2, 0.25) is 10.0 Å². The number of halogens is 1. The van der Waals surface area contributed by atoms with E-state index in [-0.39, 0.29) is 18.0 Å². The van der Waals surface area contributed by atoms with Crippen molar-refractivity contribution >= 4 is 27.6 Å². The second-order valence-corrected chi connectivity index (χ2v) is 7.89. The minimum Gasteiger partial charge on any atom is -0.481 e. The molecule has 9 heteroatoms. The molecule has 0 heterocycles. The summed E-state index contributed by atoms with van der Waals surface area (Å²) in [5.74, 6) is -0.821. The van der Waals surface area contributed by atoms with Crippen molar-refractivity contribution in [1.82, 2.24) is 4.72 Å². The van der Waals surface area contributed by atoms with Crippen LogP contribution in [-0.2, 0) is 19.6 Å². The van der Waals surface area contributed by atoms with E-state index in [0.29, 0.717) is 21.9 Å². The van der Waals surface area contributed by atoms with E-state index in [9.17, 15) is 13.2 Å². The molecule has 2 N–H and O–H groups in total. The van der Waals surface area contributed by atoms with Crippen LogP contribution in [0.2, 0.25) is 5.02 Å². The predicted octanol–water partition coefficient (Wildman–Crippen LogP) is 2.70. The standard InChI is InChI=1S/C18H20ClNO6S/c1-12-3-5-14(27(23,24)20-7-8-25-2)10-15(12)16-9-13(19)4-6-17(16)26-11-18(21)22/h3-6,9-10,20H,7-8,11H2,1-2H3,(H,21,22). The van der Waals surface area contributed by atoms with Gasteiger partial charge in [-0.05, 0) is 48.4 Å². The smallest absolute Gasteiger partial charge is 0.341 e. The molecular formula is C18H20ClNO6S. The summed E-state index contributed by atoms with van der Waals surface area (Å²) in [7, 11) is -2.24. The molecule has 2 aromatic rings. The maximum atomic E-state index is 12.5. The Labute approximate surface area is 162 Å². The van der Waals surface area contributed by atoms with Crippen molar-refractivity contribution in [2.75, 3.05) is 26.9 Å². The largest absolute Gasteiger partial charge is 0.481 e. The van der Waals surface area contributed by atoms with Crippen LogP contribution in [0.15, 0.2) is 41.3 Å². The summed E-state index contributed by atoms with van der Waals surface area (Å²) in [5, 5.41) is 9.27. The van der Waals surface area contributed by atoms with Gasteiger partial charge in [0.15, 0.2) is 6.61 Å². The Morgan fingerprint density at radius 3 is 2.59 bits per heavy atom. The molecule has 146 valence electrons. The molecule has 0 spiro atoms. The maximum absolute atomic E-state index is 12.5. The van der Waals surface area contributed by atoms with Crippen molar-refractivity contribution in [3.8, 4) is 16.9 Å². The van der Waals surface area contributed by atoms with E-state index in [4.69, 9.17) is 26.2 Å². The highest BCUT2D eigenvalue weighted by molar-refractivity contribution is 7.89. The lowest BCUT2D eigenvalue weighted by molar-refractivity contribution is -0.139. The first-order valence-corrected chi connectivity index (χ1v) is 9.84. The van der Waals surface area contributed by atoms with Crippen molar-refractivity contribution in [1.29, 1.82) is 0 Å². The molecule has 0 radical (unpaired) electrons. The van der Waals surface area contributed by atoms with Crippen LogP contribution < -0.4 is 9.46 Å². The summed E-state index contributed by atoms with van der Waals surface area (Å²) in [6, 6.07) is 9.40. The second-order valence-electron chi connectivity index (χ2n) is 5.69. The van der Waals surface area contributed by atoms with Gasteiger partial charge >= 0.3 is 5.97 Å². The van der Waals surface area contributed by atoms with Crippen LogP contribution in [-0.4, -0.2) is 46.4 Å². The van der Waals surface area contributed by atoms with E-state index in [0.717, 1.165) is 5.56 Å². The number of carboxylic acids is 1. The lowest BCUT2D eigenvalue weighted by Crippen LogP contribution is -2.27. The van der Waals surface area contributed by atoms with Crippen LogP contribution in [0, 0.1) is 6.92 Å². The van der Waals surface area contributed by atoms with E-state index in [1.165, 1.54) is 19.2 Å². The fourth-order valence-corrected chi connectivity index (χ4v) is 3.61. The minimum atomic E-state index is -3.73. The highest BCUT2D eigenvalue weighted by Gasteiger charge is 2.18. The molecule has 0 unspecified atom stereocenters. The van der Waals surface area contributed by atoms with Crippen molar-refractivity contribution in [3.63, 3.8) is 0 Å². The number of hydrogen-bond donors (Lipinski definition) is 2. The molecular weight excluding hydrogens is 394 g/mol. The Balaban J connectivity index is 2.47. The first kappa shape index (κ1) is 21.2. The first-order valence-electron chi connectivity index (χ1n) is 7.98. The molecule has 0 amide bonds. The lowest BCUT2D eigenvalue weighted by Gasteiger charge is -2.15. The number of carbonyl (C=O) groups is 1. The van der Waals surface area contributed by atoms with Gasteiger partial charge in [-0.2, -0.15) is 0 Å². The van der Waals surface area contributed by atoms with E-state index in [2.05, 4.69) is 4.72 Å². The van der Waals surface area contributed by atoms with Crippen LogP contribution in [0.3, 0.4) is 0 Å². The summed E-state index contributed by atoms with van der Waals surface area (Å²) < 4.78 is 37.6. The summed E-state index contributed by atoms with van der Waals surface area (Å²) in [4.78, 5) is 10.9. The fraction of sp³-hybridized carbons (Fsp3) is 0.278. The van der Waals surface area contributed by atoms with Crippen molar-refractivity contribution in [3.05, 3.63) is 47.0 Å². The number of hydrogen-bond acceptors (Lipinski definition) is 5. The Bertz CT molecular complexity index is 929. The van der Waals surface area contributed by atoms with Gasteiger partial charge in [0.25, 0.3) is 0 Å². The number of carboxylic acid groups (broad SMARTS) is 1. The Morgan fingerprint density at radius 1 is 1.19 bits per heavy atom. The van der Waals surface area contributed by atoms with Crippen LogP contribution in [0.25, 0.3) is 11.1 Å². The first-order chi connectivity index (χ1) is 12.7. The summed E-state index contributed by atoms with van der Waals surface area (Å²) in [6.07, 6.45) is 0. The Kier molecular flexibility index (Phi) is 7.20. The van der Waals surface area contributed by atoms with Crippen molar-refractivity contribution < 1.29 is 27.8 Å². The number of aliphatic carboxylic acids is 1. The number of ether oxygens (including phenoxy) is 2. The molecule has 0 bridgehead atoms. The summed E-state index contributed by atoms with van der Waals surface area (Å²) in [5.41, 5.74) is 1.87. The zero-order valence-corrected chi connectivity index (χ0v) is 16.4. The zero-order chi connectivity index (χ0) is 20.0. The van der Waals surface area contributed by atoms with Crippen LogP contribution >= 0.6 is 11.6 Å². The molecule has 0 fully saturated rings. The molecule has 0 aliphatic heterocycles. The summed E-state index contributed by atoms with van der Waals surface area (Å²) >= 11 is 6.08. The van der Waals surface area contributed by atoms with Crippen LogP contribution in [0.4, 0.5) is 0 Å². The Hall–Kier alpha value is -2.13. The van der Waals surface area contributed by atoms with Gasteiger partial charge in [0.1, 0.15) is 5.75 Å². The molecule has 0 aromatic heterocycles. The molecule has 2 aromatic carbocycles. The zero-order valence-electron chi connectivity index (χ0n) is 14.9. The Morgan fingerprint density at radius 2 is 1.93 bits per heavy atom. The number of sulfonamides is 1. The minimum absolute atomic E-state index is 0.0726. The average Bonchev–Trinajstić information content (AvgIpc) is 2.61.